The Kier molecular flexibility index (Phi) is 8.34. The van der Waals surface area contributed by atoms with Crippen LogP contribution in [0.1, 0.15) is 74.2 Å². The van der Waals surface area contributed by atoms with Crippen LogP contribution in [0.25, 0.3) is 10.9 Å². The first kappa shape index (κ1) is 25.1. The van der Waals surface area contributed by atoms with Gasteiger partial charge in [0.05, 0.1) is 16.9 Å². The standard InChI is InChI=1S/C29H38N4O2/c1-4-7-8-11-22-14-16-23(17-15-22)28(34)32-20-18-31(19-21-32)26(5-2)27-30-25-13-10-9-12-24(25)29(35)33(27)6-3/h9-10,12-17,26H,4-8,11,18-21H2,1-3H3. The highest BCUT2D eigenvalue weighted by molar-refractivity contribution is 5.94. The molecule has 1 atom stereocenters. The van der Waals surface area contributed by atoms with Crippen molar-refractivity contribution < 1.29 is 4.79 Å². The van der Waals surface area contributed by atoms with Crippen molar-refractivity contribution in [2.75, 3.05) is 26.2 Å². The van der Waals surface area contributed by atoms with E-state index in [1.807, 2.05) is 52.8 Å². The molecule has 6 heteroatoms. The summed E-state index contributed by atoms with van der Waals surface area (Å²) >= 11 is 0. The van der Waals surface area contributed by atoms with Crippen molar-refractivity contribution in [3.63, 3.8) is 0 Å². The van der Waals surface area contributed by atoms with Crippen LogP contribution < -0.4 is 5.56 Å². The number of carbonyl (C=O) groups excluding carboxylic acids is 1. The molecule has 0 bridgehead atoms. The molecule has 1 aliphatic heterocycles. The van der Waals surface area contributed by atoms with Crippen molar-refractivity contribution >= 4 is 16.8 Å². The summed E-state index contributed by atoms with van der Waals surface area (Å²) in [7, 11) is 0. The van der Waals surface area contributed by atoms with E-state index < -0.39 is 0 Å². The summed E-state index contributed by atoms with van der Waals surface area (Å²) in [5, 5.41) is 0.666. The Morgan fingerprint density at radius 3 is 2.31 bits per heavy atom. The number of hydrogen-bond donors (Lipinski definition) is 0. The molecule has 1 aromatic heterocycles. The Hall–Kier alpha value is -2.99. The number of para-hydroxylation sites is 1. The van der Waals surface area contributed by atoms with E-state index in [1.165, 1.54) is 24.8 Å². The first-order valence-corrected chi connectivity index (χ1v) is 13.2. The van der Waals surface area contributed by atoms with Gasteiger partial charge in [-0.25, -0.2) is 4.98 Å². The Labute approximate surface area is 208 Å². The van der Waals surface area contributed by atoms with Crippen LogP contribution in [0.2, 0.25) is 0 Å². The molecule has 6 nitrogen and oxygen atoms in total. The largest absolute Gasteiger partial charge is 0.336 e. The highest BCUT2D eigenvalue weighted by Crippen LogP contribution is 2.25. The van der Waals surface area contributed by atoms with Gasteiger partial charge in [-0.15, -0.1) is 0 Å². The van der Waals surface area contributed by atoms with E-state index in [4.69, 9.17) is 4.98 Å². The molecule has 4 rings (SSSR count). The SMILES string of the molecule is CCCCCc1ccc(C(=O)N2CCN(C(CC)c3nc4ccccc4c(=O)n3CC)CC2)cc1. The van der Waals surface area contributed by atoms with Crippen LogP contribution in [0, 0.1) is 0 Å². The van der Waals surface area contributed by atoms with E-state index in [0.717, 1.165) is 42.8 Å². The van der Waals surface area contributed by atoms with Gasteiger partial charge in [-0.3, -0.25) is 19.1 Å². The molecule has 1 unspecified atom stereocenters. The summed E-state index contributed by atoms with van der Waals surface area (Å²) in [5.74, 6) is 0.934. The van der Waals surface area contributed by atoms with E-state index in [-0.39, 0.29) is 17.5 Å². The Morgan fingerprint density at radius 1 is 0.943 bits per heavy atom. The minimum absolute atomic E-state index is 0.0264. The zero-order chi connectivity index (χ0) is 24.8. The number of nitrogens with zero attached hydrogens (tertiary/aromatic N) is 4. The molecule has 1 fully saturated rings. The Bertz CT molecular complexity index is 1190. The summed E-state index contributed by atoms with van der Waals surface area (Å²) in [4.78, 5) is 35.5. The monoisotopic (exact) mass is 474 g/mol. The van der Waals surface area contributed by atoms with Crippen LogP contribution >= 0.6 is 0 Å². The van der Waals surface area contributed by atoms with Crippen LogP contribution in [0.4, 0.5) is 0 Å². The molecule has 0 aliphatic carbocycles. The number of aryl methyl sites for hydroxylation is 1. The number of benzene rings is 2. The van der Waals surface area contributed by atoms with Gasteiger partial charge in [0.2, 0.25) is 0 Å². The highest BCUT2D eigenvalue weighted by Gasteiger charge is 2.29. The Morgan fingerprint density at radius 2 is 1.66 bits per heavy atom. The smallest absolute Gasteiger partial charge is 0.261 e. The van der Waals surface area contributed by atoms with E-state index >= 15 is 0 Å². The Balaban J connectivity index is 1.45. The molecule has 1 saturated heterocycles. The van der Waals surface area contributed by atoms with Gasteiger partial charge in [0.15, 0.2) is 0 Å². The molecule has 3 aromatic rings. The zero-order valence-corrected chi connectivity index (χ0v) is 21.4. The number of amides is 1. The summed E-state index contributed by atoms with van der Waals surface area (Å²) in [5.41, 5.74) is 2.84. The molecule has 0 N–H and O–H groups in total. The average Bonchev–Trinajstić information content (AvgIpc) is 2.90. The number of unbranched alkanes of at least 4 members (excludes halogenated alkanes) is 2. The average molecular weight is 475 g/mol. The summed E-state index contributed by atoms with van der Waals surface area (Å²) in [6.45, 7) is 9.85. The first-order valence-electron chi connectivity index (χ1n) is 13.2. The lowest BCUT2D eigenvalue weighted by molar-refractivity contribution is 0.0549. The fourth-order valence-corrected chi connectivity index (χ4v) is 5.16. The second-order valence-corrected chi connectivity index (χ2v) is 9.44. The van der Waals surface area contributed by atoms with E-state index in [0.29, 0.717) is 25.0 Å². The van der Waals surface area contributed by atoms with Crippen molar-refractivity contribution in [2.24, 2.45) is 0 Å². The predicted molar refractivity (Wildman–Crippen MR) is 142 cm³/mol. The molecular formula is C29H38N4O2. The third-order valence-electron chi connectivity index (χ3n) is 7.20. The maximum Gasteiger partial charge on any atom is 0.261 e. The fraction of sp³-hybridized carbons (Fsp3) is 0.483. The van der Waals surface area contributed by atoms with E-state index in [9.17, 15) is 9.59 Å². The lowest BCUT2D eigenvalue weighted by Gasteiger charge is -2.39. The molecule has 1 amide bonds. The number of aromatic nitrogens is 2. The number of rotatable bonds is 9. The molecule has 0 saturated carbocycles. The lowest BCUT2D eigenvalue weighted by atomic mass is 10.0. The minimum Gasteiger partial charge on any atom is -0.336 e. The van der Waals surface area contributed by atoms with Crippen molar-refractivity contribution in [1.82, 2.24) is 19.4 Å². The van der Waals surface area contributed by atoms with Crippen LogP contribution in [-0.2, 0) is 13.0 Å². The van der Waals surface area contributed by atoms with Gasteiger partial charge in [0, 0.05) is 38.3 Å². The summed E-state index contributed by atoms with van der Waals surface area (Å²) in [6.07, 6.45) is 5.59. The normalized spacial score (nSPS) is 15.5. The maximum absolute atomic E-state index is 13.1. The van der Waals surface area contributed by atoms with Crippen molar-refractivity contribution in [2.45, 2.75) is 65.5 Å². The van der Waals surface area contributed by atoms with Gasteiger partial charge in [0.1, 0.15) is 5.82 Å². The number of fused-ring (bicyclic) bond motifs is 1. The van der Waals surface area contributed by atoms with Crippen LogP contribution in [0.3, 0.4) is 0 Å². The predicted octanol–water partition coefficient (Wildman–Crippen LogP) is 5.06. The van der Waals surface area contributed by atoms with Crippen molar-refractivity contribution in [3.8, 4) is 0 Å². The second kappa shape index (κ2) is 11.6. The van der Waals surface area contributed by atoms with Crippen molar-refractivity contribution in [1.29, 1.82) is 0 Å². The lowest BCUT2D eigenvalue weighted by Crippen LogP contribution is -2.50. The third-order valence-corrected chi connectivity index (χ3v) is 7.20. The summed E-state index contributed by atoms with van der Waals surface area (Å²) < 4.78 is 1.82. The molecule has 1 aliphatic rings. The maximum atomic E-state index is 13.1. The van der Waals surface area contributed by atoms with Gasteiger partial charge in [0.25, 0.3) is 11.5 Å². The molecule has 2 aromatic carbocycles. The number of hydrogen-bond acceptors (Lipinski definition) is 4. The third kappa shape index (κ3) is 5.48. The van der Waals surface area contributed by atoms with E-state index in [2.05, 4.69) is 30.9 Å². The molecule has 0 spiro atoms. The summed E-state index contributed by atoms with van der Waals surface area (Å²) in [6, 6.07) is 15.8. The number of carbonyl (C=O) groups is 1. The van der Waals surface area contributed by atoms with E-state index in [1.54, 1.807) is 0 Å². The van der Waals surface area contributed by atoms with Gasteiger partial charge >= 0.3 is 0 Å². The quantitative estimate of drug-likeness (QED) is 0.407. The topological polar surface area (TPSA) is 58.4 Å². The van der Waals surface area contributed by atoms with Crippen LogP contribution in [-0.4, -0.2) is 51.4 Å². The van der Waals surface area contributed by atoms with Gasteiger partial charge in [-0.1, -0.05) is 51.0 Å². The zero-order valence-electron chi connectivity index (χ0n) is 21.4. The molecule has 2 heterocycles. The highest BCUT2D eigenvalue weighted by atomic mass is 16.2. The van der Waals surface area contributed by atoms with Gasteiger partial charge in [-0.05, 0) is 56.0 Å². The van der Waals surface area contributed by atoms with Crippen LogP contribution in [0.5, 0.6) is 0 Å². The van der Waals surface area contributed by atoms with Gasteiger partial charge in [-0.2, -0.15) is 0 Å². The molecular weight excluding hydrogens is 436 g/mol. The van der Waals surface area contributed by atoms with Crippen LogP contribution in [0.15, 0.2) is 53.3 Å². The minimum atomic E-state index is 0.0264. The first-order chi connectivity index (χ1) is 17.1. The fourth-order valence-electron chi connectivity index (χ4n) is 5.16. The second-order valence-electron chi connectivity index (χ2n) is 9.44. The molecule has 0 radical (unpaired) electrons. The number of piperazine rings is 1. The molecule has 186 valence electrons. The molecule has 35 heavy (non-hydrogen) atoms. The van der Waals surface area contributed by atoms with Gasteiger partial charge < -0.3 is 4.90 Å². The van der Waals surface area contributed by atoms with Crippen molar-refractivity contribution in [3.05, 3.63) is 75.8 Å².